The first-order chi connectivity index (χ1) is 8.90. The third-order valence-electron chi connectivity index (χ3n) is 2.72. The van der Waals surface area contributed by atoms with Crippen LogP contribution >= 0.6 is 0 Å². The maximum absolute atomic E-state index is 5.59. The largest absolute Gasteiger partial charge is 0.419 e. The lowest BCUT2D eigenvalue weighted by molar-refractivity contribution is 0.473. The number of hydrogen-bond acceptors (Lipinski definition) is 4. The summed E-state index contributed by atoms with van der Waals surface area (Å²) >= 11 is 0. The maximum atomic E-state index is 5.59. The van der Waals surface area contributed by atoms with Gasteiger partial charge in [-0.3, -0.25) is 0 Å². The summed E-state index contributed by atoms with van der Waals surface area (Å²) in [6, 6.07) is 9.82. The van der Waals surface area contributed by atoms with Crippen molar-refractivity contribution in [3.63, 3.8) is 0 Å². The Balaban J connectivity index is 1.83. The van der Waals surface area contributed by atoms with Gasteiger partial charge in [-0.2, -0.15) is 0 Å². The quantitative estimate of drug-likeness (QED) is 0.762. The van der Waals surface area contributed by atoms with Crippen molar-refractivity contribution in [1.82, 2.24) is 15.5 Å². The second-order valence-corrected chi connectivity index (χ2v) is 4.25. The van der Waals surface area contributed by atoms with E-state index in [4.69, 9.17) is 4.42 Å². The zero-order chi connectivity index (χ0) is 12.6. The molecule has 4 nitrogen and oxygen atoms in total. The minimum atomic E-state index is 0.584. The molecule has 1 aromatic heterocycles. The molecule has 0 fully saturated rings. The van der Waals surface area contributed by atoms with Gasteiger partial charge >= 0.3 is 0 Å². The molecule has 2 rings (SSSR count). The van der Waals surface area contributed by atoms with Gasteiger partial charge in [-0.25, -0.2) is 0 Å². The molecule has 2 aromatic rings. The molecule has 0 atom stereocenters. The molecular formula is C14H19N3O. The zero-order valence-corrected chi connectivity index (χ0v) is 10.7. The van der Waals surface area contributed by atoms with E-state index in [-0.39, 0.29) is 0 Å². The van der Waals surface area contributed by atoms with E-state index in [2.05, 4.69) is 22.4 Å². The number of benzene rings is 1. The standard InChI is InChI=1S/C14H19N3O/c1-2-3-7-10-15-11-13-16-17-14(18-13)12-8-5-4-6-9-12/h4-6,8-9,15H,2-3,7,10-11H2,1H3. The maximum Gasteiger partial charge on any atom is 0.247 e. The van der Waals surface area contributed by atoms with Crippen molar-refractivity contribution in [3.05, 3.63) is 36.2 Å². The summed E-state index contributed by atoms with van der Waals surface area (Å²) in [6.07, 6.45) is 3.68. The summed E-state index contributed by atoms with van der Waals surface area (Å²) in [4.78, 5) is 0. The van der Waals surface area contributed by atoms with Crippen molar-refractivity contribution in [1.29, 1.82) is 0 Å². The highest BCUT2D eigenvalue weighted by atomic mass is 16.4. The molecule has 1 aromatic carbocycles. The van der Waals surface area contributed by atoms with Gasteiger partial charge in [-0.05, 0) is 25.1 Å². The molecule has 0 unspecified atom stereocenters. The van der Waals surface area contributed by atoms with Crippen molar-refractivity contribution in [2.45, 2.75) is 32.7 Å². The first-order valence-electron chi connectivity index (χ1n) is 6.48. The molecule has 18 heavy (non-hydrogen) atoms. The summed E-state index contributed by atoms with van der Waals surface area (Å²) in [7, 11) is 0. The molecule has 0 saturated heterocycles. The Hall–Kier alpha value is -1.68. The topological polar surface area (TPSA) is 51.0 Å². The summed E-state index contributed by atoms with van der Waals surface area (Å²) in [5.41, 5.74) is 0.960. The minimum absolute atomic E-state index is 0.584. The molecule has 4 heteroatoms. The number of unbranched alkanes of at least 4 members (excludes halogenated alkanes) is 2. The Morgan fingerprint density at radius 3 is 2.72 bits per heavy atom. The predicted octanol–water partition coefficient (Wildman–Crippen LogP) is 3.02. The van der Waals surface area contributed by atoms with Crippen LogP contribution < -0.4 is 5.32 Å². The summed E-state index contributed by atoms with van der Waals surface area (Å²) in [5.74, 6) is 1.23. The fourth-order valence-corrected chi connectivity index (χ4v) is 1.72. The van der Waals surface area contributed by atoms with E-state index in [1.54, 1.807) is 0 Å². The Morgan fingerprint density at radius 2 is 1.94 bits per heavy atom. The van der Waals surface area contributed by atoms with Gasteiger partial charge in [-0.1, -0.05) is 38.0 Å². The van der Waals surface area contributed by atoms with E-state index in [9.17, 15) is 0 Å². The summed E-state index contributed by atoms with van der Waals surface area (Å²) < 4.78 is 5.59. The number of aromatic nitrogens is 2. The SMILES string of the molecule is CCCCCNCc1nnc(-c2ccccc2)o1. The Kier molecular flexibility index (Phi) is 4.90. The van der Waals surface area contributed by atoms with Crippen molar-refractivity contribution >= 4 is 0 Å². The molecule has 0 aliphatic rings. The number of nitrogens with zero attached hydrogens (tertiary/aromatic N) is 2. The van der Waals surface area contributed by atoms with Gasteiger partial charge in [0.1, 0.15) is 0 Å². The Morgan fingerprint density at radius 1 is 1.11 bits per heavy atom. The molecule has 0 bridgehead atoms. The molecule has 0 aliphatic carbocycles. The van der Waals surface area contributed by atoms with Gasteiger partial charge in [0.15, 0.2) is 0 Å². The summed E-state index contributed by atoms with van der Waals surface area (Å²) in [5, 5.41) is 11.4. The average Bonchev–Trinajstić information content (AvgIpc) is 2.88. The van der Waals surface area contributed by atoms with Gasteiger partial charge < -0.3 is 9.73 Å². The lowest BCUT2D eigenvalue weighted by atomic mass is 10.2. The van der Waals surface area contributed by atoms with E-state index in [1.807, 2.05) is 30.3 Å². The van der Waals surface area contributed by atoms with Gasteiger partial charge in [0.05, 0.1) is 6.54 Å². The van der Waals surface area contributed by atoms with Crippen LogP contribution in [-0.2, 0) is 6.54 Å². The van der Waals surface area contributed by atoms with Crippen LogP contribution in [0, 0.1) is 0 Å². The van der Waals surface area contributed by atoms with Crippen LogP contribution in [-0.4, -0.2) is 16.7 Å². The van der Waals surface area contributed by atoms with Gasteiger partial charge in [0.2, 0.25) is 11.8 Å². The highest BCUT2D eigenvalue weighted by Gasteiger charge is 2.06. The van der Waals surface area contributed by atoms with Crippen molar-refractivity contribution < 1.29 is 4.42 Å². The van der Waals surface area contributed by atoms with Crippen LogP contribution in [0.5, 0.6) is 0 Å². The van der Waals surface area contributed by atoms with Gasteiger partial charge in [0, 0.05) is 5.56 Å². The van der Waals surface area contributed by atoms with Crippen molar-refractivity contribution in [3.8, 4) is 11.5 Å². The van der Waals surface area contributed by atoms with Crippen LogP contribution in [0.3, 0.4) is 0 Å². The smallest absolute Gasteiger partial charge is 0.247 e. The average molecular weight is 245 g/mol. The van der Waals surface area contributed by atoms with E-state index in [1.165, 1.54) is 19.3 Å². The normalized spacial score (nSPS) is 10.7. The second kappa shape index (κ2) is 6.91. The van der Waals surface area contributed by atoms with Gasteiger partial charge in [-0.15, -0.1) is 10.2 Å². The highest BCUT2D eigenvalue weighted by molar-refractivity contribution is 5.51. The lowest BCUT2D eigenvalue weighted by Crippen LogP contribution is -2.14. The van der Waals surface area contributed by atoms with Crippen LogP contribution in [0.4, 0.5) is 0 Å². The molecule has 0 spiro atoms. The van der Waals surface area contributed by atoms with Crippen LogP contribution in [0.1, 0.15) is 32.1 Å². The van der Waals surface area contributed by atoms with Crippen molar-refractivity contribution in [2.24, 2.45) is 0 Å². The Bertz CT molecular complexity index is 453. The predicted molar refractivity (Wildman–Crippen MR) is 71.0 cm³/mol. The zero-order valence-electron chi connectivity index (χ0n) is 10.7. The Labute approximate surface area is 107 Å². The highest BCUT2D eigenvalue weighted by Crippen LogP contribution is 2.16. The fraction of sp³-hybridized carbons (Fsp3) is 0.429. The molecule has 0 saturated carbocycles. The lowest BCUT2D eigenvalue weighted by Gasteiger charge is -1.99. The van der Waals surface area contributed by atoms with Crippen LogP contribution in [0.2, 0.25) is 0 Å². The van der Waals surface area contributed by atoms with E-state index < -0.39 is 0 Å². The molecule has 0 amide bonds. The molecule has 0 aliphatic heterocycles. The van der Waals surface area contributed by atoms with E-state index >= 15 is 0 Å². The minimum Gasteiger partial charge on any atom is -0.419 e. The molecule has 1 heterocycles. The van der Waals surface area contributed by atoms with Crippen LogP contribution in [0.15, 0.2) is 34.7 Å². The fourth-order valence-electron chi connectivity index (χ4n) is 1.72. The van der Waals surface area contributed by atoms with Crippen LogP contribution in [0.25, 0.3) is 11.5 Å². The number of hydrogen-bond donors (Lipinski definition) is 1. The second-order valence-electron chi connectivity index (χ2n) is 4.25. The first-order valence-corrected chi connectivity index (χ1v) is 6.48. The van der Waals surface area contributed by atoms with Crippen molar-refractivity contribution in [2.75, 3.05) is 6.54 Å². The number of nitrogens with one attached hydrogen (secondary N) is 1. The monoisotopic (exact) mass is 245 g/mol. The molecule has 0 radical (unpaired) electrons. The third kappa shape index (κ3) is 3.67. The molecule has 1 N–H and O–H groups in total. The molecular weight excluding hydrogens is 226 g/mol. The first kappa shape index (κ1) is 12.8. The van der Waals surface area contributed by atoms with E-state index in [0.717, 1.165) is 12.1 Å². The summed E-state index contributed by atoms with van der Waals surface area (Å²) in [6.45, 7) is 3.84. The molecule has 96 valence electrons. The number of rotatable bonds is 7. The van der Waals surface area contributed by atoms with E-state index in [0.29, 0.717) is 18.3 Å². The third-order valence-corrected chi connectivity index (χ3v) is 2.72. The van der Waals surface area contributed by atoms with Gasteiger partial charge in [0.25, 0.3) is 0 Å².